The molecule has 0 aliphatic heterocycles. The zero-order valence-electron chi connectivity index (χ0n) is 11.1. The van der Waals surface area contributed by atoms with Crippen molar-refractivity contribution in [1.82, 2.24) is 4.98 Å². The minimum absolute atomic E-state index is 0.0103. The van der Waals surface area contributed by atoms with E-state index in [1.165, 1.54) is 48.5 Å². The van der Waals surface area contributed by atoms with Crippen LogP contribution in [0.5, 0.6) is 0 Å². The molecule has 0 radical (unpaired) electrons. The first-order valence-electron chi connectivity index (χ1n) is 5.96. The summed E-state index contributed by atoms with van der Waals surface area (Å²) in [5.41, 5.74) is 4.71. The maximum atomic E-state index is 13.0. The van der Waals surface area contributed by atoms with Crippen molar-refractivity contribution in [3.05, 3.63) is 53.9 Å². The first-order valence-corrected chi connectivity index (χ1v) is 5.96. The molecule has 0 fully saturated rings. The Balaban J connectivity index is 2.48. The highest BCUT2D eigenvalue weighted by Crippen LogP contribution is 2.38. The summed E-state index contributed by atoms with van der Waals surface area (Å²) in [6.07, 6.45) is -3.15. The highest BCUT2D eigenvalue weighted by Gasteiger charge is 2.34. The molecule has 0 atom stereocenters. The normalized spacial score (nSPS) is 11.2. The summed E-state index contributed by atoms with van der Waals surface area (Å²) in [6, 6.07) is 8.03. The minimum atomic E-state index is -4.47. The number of pyridine rings is 1. The molecule has 1 aromatic heterocycles. The third-order valence-corrected chi connectivity index (χ3v) is 2.95. The van der Waals surface area contributed by atoms with E-state index in [0.29, 0.717) is 5.69 Å². The molecular formula is C14H12F3N3O. The number of aromatic nitrogens is 1. The molecule has 0 saturated carbocycles. The van der Waals surface area contributed by atoms with Crippen LogP contribution in [-0.4, -0.2) is 17.9 Å². The number of nitrogens with two attached hydrogens (primary N) is 1. The topological polar surface area (TPSA) is 59.2 Å². The average Bonchev–Trinajstić information content (AvgIpc) is 2.45. The number of primary amides is 1. The van der Waals surface area contributed by atoms with Gasteiger partial charge in [-0.1, -0.05) is 12.1 Å². The lowest BCUT2D eigenvalue weighted by atomic mass is 10.1. The van der Waals surface area contributed by atoms with Crippen molar-refractivity contribution < 1.29 is 18.0 Å². The summed E-state index contributed by atoms with van der Waals surface area (Å²) >= 11 is 0. The van der Waals surface area contributed by atoms with Crippen LogP contribution in [0.2, 0.25) is 0 Å². The van der Waals surface area contributed by atoms with E-state index in [2.05, 4.69) is 4.98 Å². The van der Waals surface area contributed by atoms with Crippen molar-refractivity contribution in [2.75, 3.05) is 11.9 Å². The molecule has 0 aliphatic carbocycles. The number of nitrogens with zero attached hydrogens (tertiary/aromatic N) is 2. The van der Waals surface area contributed by atoms with Gasteiger partial charge in [0.05, 0.1) is 11.3 Å². The first kappa shape index (κ1) is 14.8. The van der Waals surface area contributed by atoms with Crippen molar-refractivity contribution in [3.63, 3.8) is 0 Å². The number of hydrogen-bond donors (Lipinski definition) is 1. The van der Waals surface area contributed by atoms with E-state index >= 15 is 0 Å². The van der Waals surface area contributed by atoms with Gasteiger partial charge in [0.2, 0.25) is 0 Å². The molecule has 21 heavy (non-hydrogen) atoms. The van der Waals surface area contributed by atoms with Crippen LogP contribution in [-0.2, 0) is 6.18 Å². The van der Waals surface area contributed by atoms with E-state index in [1.807, 2.05) is 0 Å². The van der Waals surface area contributed by atoms with Crippen LogP contribution < -0.4 is 10.6 Å². The number of carbonyl (C=O) groups excluding carboxylic acids is 1. The SMILES string of the molecule is CN(c1ccnc(C(N)=O)c1)c1ccccc1C(F)(F)F. The fourth-order valence-electron chi connectivity index (χ4n) is 1.91. The fourth-order valence-corrected chi connectivity index (χ4v) is 1.91. The van der Waals surface area contributed by atoms with E-state index < -0.39 is 17.6 Å². The van der Waals surface area contributed by atoms with Crippen molar-refractivity contribution in [2.24, 2.45) is 5.73 Å². The van der Waals surface area contributed by atoms with Gasteiger partial charge in [0.15, 0.2) is 0 Å². The molecule has 7 heteroatoms. The number of rotatable bonds is 3. The molecule has 0 aliphatic rings. The van der Waals surface area contributed by atoms with Crippen LogP contribution in [0.1, 0.15) is 16.1 Å². The Morgan fingerprint density at radius 3 is 2.52 bits per heavy atom. The molecule has 2 aromatic rings. The number of para-hydroxylation sites is 1. The summed E-state index contributed by atoms with van der Waals surface area (Å²) in [5, 5.41) is 0. The van der Waals surface area contributed by atoms with Gasteiger partial charge < -0.3 is 10.6 Å². The summed E-state index contributed by atoms with van der Waals surface area (Å²) in [6.45, 7) is 0. The zero-order valence-corrected chi connectivity index (χ0v) is 11.1. The molecule has 0 bridgehead atoms. The number of anilines is 2. The molecule has 2 rings (SSSR count). The Labute approximate surface area is 119 Å². The molecule has 0 saturated heterocycles. The van der Waals surface area contributed by atoms with Gasteiger partial charge in [-0.25, -0.2) is 0 Å². The van der Waals surface area contributed by atoms with Gasteiger partial charge in [-0.3, -0.25) is 9.78 Å². The van der Waals surface area contributed by atoms with E-state index in [0.717, 1.165) is 6.07 Å². The van der Waals surface area contributed by atoms with Crippen molar-refractivity contribution in [1.29, 1.82) is 0 Å². The van der Waals surface area contributed by atoms with Gasteiger partial charge in [0.25, 0.3) is 5.91 Å². The average molecular weight is 295 g/mol. The summed E-state index contributed by atoms with van der Waals surface area (Å²) < 4.78 is 39.1. The Bertz CT molecular complexity index is 671. The number of alkyl halides is 3. The van der Waals surface area contributed by atoms with Crippen LogP contribution in [0.25, 0.3) is 0 Å². The molecular weight excluding hydrogens is 283 g/mol. The van der Waals surface area contributed by atoms with E-state index in [4.69, 9.17) is 5.73 Å². The van der Waals surface area contributed by atoms with Gasteiger partial charge in [0, 0.05) is 18.9 Å². The van der Waals surface area contributed by atoms with Crippen LogP contribution >= 0.6 is 0 Å². The van der Waals surface area contributed by atoms with Crippen molar-refractivity contribution in [3.8, 4) is 0 Å². The summed E-state index contributed by atoms with van der Waals surface area (Å²) in [4.78, 5) is 16.2. The summed E-state index contributed by atoms with van der Waals surface area (Å²) in [7, 11) is 1.48. The maximum absolute atomic E-state index is 13.0. The fraction of sp³-hybridized carbons (Fsp3) is 0.143. The minimum Gasteiger partial charge on any atom is -0.364 e. The third-order valence-electron chi connectivity index (χ3n) is 2.95. The molecule has 0 unspecified atom stereocenters. The van der Waals surface area contributed by atoms with Gasteiger partial charge in [0.1, 0.15) is 5.69 Å². The standard InChI is InChI=1S/C14H12F3N3O/c1-20(9-6-7-19-11(8-9)13(18)21)12-5-3-2-4-10(12)14(15,16)17/h2-8H,1H3,(H2,18,21). The number of amides is 1. The predicted octanol–water partition coefficient (Wildman–Crippen LogP) is 2.97. The second-order valence-electron chi connectivity index (χ2n) is 4.34. The number of hydrogen-bond acceptors (Lipinski definition) is 3. The number of carbonyl (C=O) groups is 1. The molecule has 110 valence electrons. The number of benzene rings is 1. The van der Waals surface area contributed by atoms with Crippen LogP contribution in [0, 0.1) is 0 Å². The molecule has 4 nitrogen and oxygen atoms in total. The highest BCUT2D eigenvalue weighted by atomic mass is 19.4. The molecule has 2 N–H and O–H groups in total. The predicted molar refractivity (Wildman–Crippen MR) is 72.3 cm³/mol. The maximum Gasteiger partial charge on any atom is 0.418 e. The second-order valence-corrected chi connectivity index (χ2v) is 4.34. The van der Waals surface area contributed by atoms with Crippen molar-refractivity contribution in [2.45, 2.75) is 6.18 Å². The van der Waals surface area contributed by atoms with E-state index in [-0.39, 0.29) is 11.4 Å². The lowest BCUT2D eigenvalue weighted by Crippen LogP contribution is -2.18. The highest BCUT2D eigenvalue weighted by molar-refractivity contribution is 5.91. The molecule has 1 amide bonds. The van der Waals surface area contributed by atoms with Gasteiger partial charge in [-0.15, -0.1) is 0 Å². The van der Waals surface area contributed by atoms with Crippen LogP contribution in [0.4, 0.5) is 24.5 Å². The number of halogens is 3. The Morgan fingerprint density at radius 1 is 1.24 bits per heavy atom. The van der Waals surface area contributed by atoms with Gasteiger partial charge in [-0.05, 0) is 24.3 Å². The molecule has 1 heterocycles. The Morgan fingerprint density at radius 2 is 1.90 bits per heavy atom. The molecule has 0 spiro atoms. The van der Waals surface area contributed by atoms with E-state index in [1.54, 1.807) is 0 Å². The van der Waals surface area contributed by atoms with Crippen LogP contribution in [0.3, 0.4) is 0 Å². The van der Waals surface area contributed by atoms with E-state index in [9.17, 15) is 18.0 Å². The Hall–Kier alpha value is -2.57. The summed E-state index contributed by atoms with van der Waals surface area (Å²) in [5.74, 6) is -0.741. The third kappa shape index (κ3) is 3.13. The van der Waals surface area contributed by atoms with Gasteiger partial charge in [-0.2, -0.15) is 13.2 Å². The second kappa shape index (κ2) is 5.43. The van der Waals surface area contributed by atoms with Gasteiger partial charge >= 0.3 is 6.18 Å². The largest absolute Gasteiger partial charge is 0.418 e. The van der Waals surface area contributed by atoms with Crippen LogP contribution in [0.15, 0.2) is 42.6 Å². The smallest absolute Gasteiger partial charge is 0.364 e. The monoisotopic (exact) mass is 295 g/mol. The quantitative estimate of drug-likeness (QED) is 0.947. The zero-order chi connectivity index (χ0) is 15.6. The first-order chi connectivity index (χ1) is 9.80. The molecule has 1 aromatic carbocycles. The lowest BCUT2D eigenvalue weighted by molar-refractivity contribution is -0.137. The van der Waals surface area contributed by atoms with Crippen molar-refractivity contribution >= 4 is 17.3 Å². The lowest BCUT2D eigenvalue weighted by Gasteiger charge is -2.23. The Kier molecular flexibility index (Phi) is 3.84.